The van der Waals surface area contributed by atoms with Crippen LogP contribution in [0.3, 0.4) is 0 Å². The molecule has 0 aliphatic carbocycles. The van der Waals surface area contributed by atoms with Crippen LogP contribution in [0.25, 0.3) is 0 Å². The molecule has 26 heavy (non-hydrogen) atoms. The van der Waals surface area contributed by atoms with E-state index in [0.717, 1.165) is 17.7 Å². The van der Waals surface area contributed by atoms with Gasteiger partial charge in [-0.1, -0.05) is 30.3 Å². The fourth-order valence-corrected chi connectivity index (χ4v) is 2.77. The molecule has 0 aliphatic rings. The van der Waals surface area contributed by atoms with Gasteiger partial charge in [-0.15, -0.1) is 0 Å². The molecular weight excluding hydrogens is 328 g/mol. The van der Waals surface area contributed by atoms with Gasteiger partial charge in [0.15, 0.2) is 0 Å². The number of nitrogens with zero attached hydrogens (tertiary/aromatic N) is 2. The average molecular weight is 356 g/mol. The maximum Gasteiger partial charge on any atom is 0.254 e. The fourth-order valence-electron chi connectivity index (χ4n) is 2.77. The molecule has 5 heteroatoms. The van der Waals surface area contributed by atoms with Crippen LogP contribution in [-0.2, 0) is 6.54 Å². The second kappa shape index (κ2) is 9.25. The summed E-state index contributed by atoms with van der Waals surface area (Å²) in [5, 5.41) is 0. The van der Waals surface area contributed by atoms with Crippen LogP contribution in [0.1, 0.15) is 21.5 Å². The summed E-state index contributed by atoms with van der Waals surface area (Å²) in [4.78, 5) is 17.1. The number of hydrogen-bond acceptors (Lipinski definition) is 4. The third kappa shape index (κ3) is 4.99. The summed E-state index contributed by atoms with van der Waals surface area (Å²) in [6.07, 6.45) is 0. The third-order valence-corrected chi connectivity index (χ3v) is 4.32. The summed E-state index contributed by atoms with van der Waals surface area (Å²) >= 11 is 0. The molecule has 0 atom stereocenters. The Morgan fingerprint density at radius 1 is 0.962 bits per heavy atom. The number of carbonyl (C=O) groups excluding carboxylic acids is 1. The van der Waals surface area contributed by atoms with Crippen LogP contribution in [0.4, 0.5) is 0 Å². The lowest BCUT2D eigenvalue weighted by Crippen LogP contribution is -2.36. The largest absolute Gasteiger partial charge is 0.496 e. The predicted molar refractivity (Wildman–Crippen MR) is 104 cm³/mol. The van der Waals surface area contributed by atoms with Gasteiger partial charge in [-0.3, -0.25) is 4.79 Å². The van der Waals surface area contributed by atoms with E-state index in [0.29, 0.717) is 30.2 Å². The maximum atomic E-state index is 13.2. The van der Waals surface area contributed by atoms with E-state index in [2.05, 4.69) is 4.90 Å². The number of hydrogen-bond donors (Lipinski definition) is 0. The van der Waals surface area contributed by atoms with Crippen molar-refractivity contribution in [1.82, 2.24) is 9.80 Å². The molecule has 2 rings (SSSR count). The third-order valence-electron chi connectivity index (χ3n) is 4.32. The van der Waals surface area contributed by atoms with Gasteiger partial charge in [0.05, 0.1) is 14.2 Å². The van der Waals surface area contributed by atoms with Crippen LogP contribution in [0.5, 0.6) is 11.5 Å². The van der Waals surface area contributed by atoms with Crippen LogP contribution in [0.2, 0.25) is 0 Å². The van der Waals surface area contributed by atoms with Crippen molar-refractivity contribution in [2.75, 3.05) is 41.4 Å². The van der Waals surface area contributed by atoms with Gasteiger partial charge in [-0.05, 0) is 38.7 Å². The highest BCUT2D eigenvalue weighted by molar-refractivity contribution is 5.95. The van der Waals surface area contributed by atoms with E-state index < -0.39 is 0 Å². The molecule has 0 saturated heterocycles. The zero-order valence-corrected chi connectivity index (χ0v) is 16.3. The van der Waals surface area contributed by atoms with E-state index >= 15 is 0 Å². The molecule has 0 aliphatic heterocycles. The summed E-state index contributed by atoms with van der Waals surface area (Å²) < 4.78 is 10.8. The average Bonchev–Trinajstić information content (AvgIpc) is 2.65. The SMILES string of the molecule is COc1cc(C(=O)N(CCN(C)C)Cc2ccccc2)cc(OC)c1C. The molecule has 0 N–H and O–H groups in total. The van der Waals surface area contributed by atoms with E-state index in [4.69, 9.17) is 9.47 Å². The smallest absolute Gasteiger partial charge is 0.254 e. The molecule has 2 aromatic rings. The minimum Gasteiger partial charge on any atom is -0.496 e. The van der Waals surface area contributed by atoms with Crippen molar-refractivity contribution in [1.29, 1.82) is 0 Å². The van der Waals surface area contributed by atoms with Crippen molar-refractivity contribution in [3.63, 3.8) is 0 Å². The number of amides is 1. The lowest BCUT2D eigenvalue weighted by Gasteiger charge is -2.25. The van der Waals surface area contributed by atoms with Gasteiger partial charge < -0.3 is 19.3 Å². The van der Waals surface area contributed by atoms with Gasteiger partial charge in [-0.2, -0.15) is 0 Å². The Hall–Kier alpha value is -2.53. The van der Waals surface area contributed by atoms with Crippen LogP contribution < -0.4 is 9.47 Å². The first-order valence-corrected chi connectivity index (χ1v) is 8.66. The summed E-state index contributed by atoms with van der Waals surface area (Å²) in [6.45, 7) is 3.91. The first-order valence-electron chi connectivity index (χ1n) is 8.66. The van der Waals surface area contributed by atoms with Crippen LogP contribution in [-0.4, -0.2) is 57.1 Å². The second-order valence-corrected chi connectivity index (χ2v) is 6.52. The fraction of sp³-hybridized carbons (Fsp3) is 0.381. The summed E-state index contributed by atoms with van der Waals surface area (Å²) in [5.41, 5.74) is 2.55. The van der Waals surface area contributed by atoms with E-state index in [1.165, 1.54) is 0 Å². The molecule has 0 aromatic heterocycles. The summed E-state index contributed by atoms with van der Waals surface area (Å²) in [6, 6.07) is 13.6. The lowest BCUT2D eigenvalue weighted by molar-refractivity contribution is 0.0731. The van der Waals surface area contributed by atoms with E-state index in [-0.39, 0.29) is 5.91 Å². The normalized spacial score (nSPS) is 10.7. The minimum atomic E-state index is -0.0349. The van der Waals surface area contributed by atoms with Crippen molar-refractivity contribution < 1.29 is 14.3 Å². The molecule has 0 unspecified atom stereocenters. The summed E-state index contributed by atoms with van der Waals surface area (Å²) in [7, 11) is 7.21. The summed E-state index contributed by atoms with van der Waals surface area (Å²) in [5.74, 6) is 1.27. The Morgan fingerprint density at radius 2 is 1.54 bits per heavy atom. The molecule has 0 radical (unpaired) electrons. The Labute approximate surface area is 156 Å². The molecule has 0 saturated carbocycles. The highest BCUT2D eigenvalue weighted by Gasteiger charge is 2.20. The minimum absolute atomic E-state index is 0.0349. The highest BCUT2D eigenvalue weighted by atomic mass is 16.5. The van der Waals surface area contributed by atoms with Crippen LogP contribution in [0.15, 0.2) is 42.5 Å². The van der Waals surface area contributed by atoms with E-state index in [9.17, 15) is 4.79 Å². The molecular formula is C21H28N2O3. The van der Waals surface area contributed by atoms with Gasteiger partial charge in [0.1, 0.15) is 11.5 Å². The Kier molecular flexibility index (Phi) is 7.04. The molecule has 0 fully saturated rings. The zero-order chi connectivity index (χ0) is 19.1. The van der Waals surface area contributed by atoms with Crippen molar-refractivity contribution >= 4 is 5.91 Å². The van der Waals surface area contributed by atoms with E-state index in [1.54, 1.807) is 26.4 Å². The number of methoxy groups -OCH3 is 2. The number of likely N-dealkylation sites (N-methyl/N-ethyl adjacent to an activating group) is 1. The molecule has 2 aromatic carbocycles. The highest BCUT2D eigenvalue weighted by Crippen LogP contribution is 2.30. The number of carbonyl (C=O) groups is 1. The molecule has 0 bridgehead atoms. The quantitative estimate of drug-likeness (QED) is 0.728. The van der Waals surface area contributed by atoms with Crippen molar-refractivity contribution in [3.8, 4) is 11.5 Å². The van der Waals surface area contributed by atoms with Crippen molar-refractivity contribution in [2.45, 2.75) is 13.5 Å². The zero-order valence-electron chi connectivity index (χ0n) is 16.3. The standard InChI is InChI=1S/C21H28N2O3/c1-16-19(25-4)13-18(14-20(16)26-5)21(24)23(12-11-22(2)3)15-17-9-7-6-8-10-17/h6-10,13-14H,11-12,15H2,1-5H3. The maximum absolute atomic E-state index is 13.2. The number of benzene rings is 2. The topological polar surface area (TPSA) is 42.0 Å². The molecule has 0 heterocycles. The van der Waals surface area contributed by atoms with Gasteiger partial charge in [0.25, 0.3) is 5.91 Å². The first-order chi connectivity index (χ1) is 12.5. The van der Waals surface area contributed by atoms with Crippen LogP contribution >= 0.6 is 0 Å². The Balaban J connectivity index is 2.32. The van der Waals surface area contributed by atoms with E-state index in [1.807, 2.05) is 56.3 Å². The Morgan fingerprint density at radius 3 is 2.04 bits per heavy atom. The monoisotopic (exact) mass is 356 g/mol. The molecule has 140 valence electrons. The second-order valence-electron chi connectivity index (χ2n) is 6.52. The number of ether oxygens (including phenoxy) is 2. The lowest BCUT2D eigenvalue weighted by atomic mass is 10.1. The molecule has 1 amide bonds. The van der Waals surface area contributed by atoms with Gasteiger partial charge >= 0.3 is 0 Å². The van der Waals surface area contributed by atoms with Gasteiger partial charge in [0.2, 0.25) is 0 Å². The predicted octanol–water partition coefficient (Wildman–Crippen LogP) is 3.22. The van der Waals surface area contributed by atoms with Crippen molar-refractivity contribution in [2.24, 2.45) is 0 Å². The van der Waals surface area contributed by atoms with Gasteiger partial charge in [-0.25, -0.2) is 0 Å². The molecule has 5 nitrogen and oxygen atoms in total. The van der Waals surface area contributed by atoms with Crippen LogP contribution in [0, 0.1) is 6.92 Å². The molecule has 0 spiro atoms. The van der Waals surface area contributed by atoms with Gasteiger partial charge in [0, 0.05) is 30.8 Å². The van der Waals surface area contributed by atoms with Crippen molar-refractivity contribution in [3.05, 3.63) is 59.2 Å². The Bertz CT molecular complexity index is 704. The number of rotatable bonds is 8. The first kappa shape index (κ1) is 19.8.